The lowest BCUT2D eigenvalue weighted by Gasteiger charge is -2.18. The quantitative estimate of drug-likeness (QED) is 0.859. The zero-order chi connectivity index (χ0) is 15.5. The lowest BCUT2D eigenvalue weighted by molar-refractivity contribution is 0.195. The van der Waals surface area contributed by atoms with Gasteiger partial charge in [-0.25, -0.2) is 17.5 Å². The molecule has 0 aliphatic heterocycles. The van der Waals surface area contributed by atoms with E-state index in [4.69, 9.17) is 5.26 Å². The zero-order valence-corrected chi connectivity index (χ0v) is 12.2. The van der Waals surface area contributed by atoms with E-state index >= 15 is 0 Å². The normalized spacial score (nSPS) is 22.1. The molecular formula is C14H17FN2O3S. The maximum atomic E-state index is 13.5. The highest BCUT2D eigenvalue weighted by atomic mass is 32.2. The lowest BCUT2D eigenvalue weighted by atomic mass is 9.97. The number of nitrogens with zero attached hydrogens (tertiary/aromatic N) is 1. The van der Waals surface area contributed by atoms with E-state index in [1.54, 1.807) is 6.07 Å². The van der Waals surface area contributed by atoms with Gasteiger partial charge in [0.25, 0.3) is 0 Å². The number of nitrogens with one attached hydrogen (secondary N) is 1. The zero-order valence-electron chi connectivity index (χ0n) is 11.4. The summed E-state index contributed by atoms with van der Waals surface area (Å²) in [4.78, 5) is -0.344. The molecule has 2 unspecified atom stereocenters. The number of nitriles is 1. The number of benzene rings is 1. The average molecular weight is 312 g/mol. The second-order valence-electron chi connectivity index (χ2n) is 5.21. The topological polar surface area (TPSA) is 90.2 Å². The molecule has 1 aliphatic rings. The first kappa shape index (κ1) is 15.9. The van der Waals surface area contributed by atoms with Crippen molar-refractivity contribution in [1.29, 1.82) is 5.26 Å². The van der Waals surface area contributed by atoms with E-state index in [0.717, 1.165) is 25.3 Å². The predicted molar refractivity (Wildman–Crippen MR) is 74.2 cm³/mol. The molecule has 0 bridgehead atoms. The van der Waals surface area contributed by atoms with Crippen molar-refractivity contribution in [3.8, 4) is 6.07 Å². The second-order valence-corrected chi connectivity index (χ2v) is 6.95. The van der Waals surface area contributed by atoms with Crippen LogP contribution in [0.2, 0.25) is 0 Å². The Bertz CT molecular complexity index is 655. The van der Waals surface area contributed by atoms with Crippen LogP contribution < -0.4 is 4.72 Å². The average Bonchev–Trinajstić information content (AvgIpc) is 2.92. The van der Waals surface area contributed by atoms with Crippen LogP contribution in [0.15, 0.2) is 23.1 Å². The summed E-state index contributed by atoms with van der Waals surface area (Å²) in [7, 11) is -3.94. The Balaban J connectivity index is 2.16. The van der Waals surface area contributed by atoms with Crippen molar-refractivity contribution >= 4 is 10.0 Å². The van der Waals surface area contributed by atoms with Crippen molar-refractivity contribution in [2.45, 2.75) is 24.2 Å². The molecule has 7 heteroatoms. The molecule has 114 valence electrons. The van der Waals surface area contributed by atoms with E-state index in [2.05, 4.69) is 4.72 Å². The predicted octanol–water partition coefficient (Wildman–Crippen LogP) is 1.38. The molecule has 0 spiro atoms. The number of sulfonamides is 1. The van der Waals surface area contributed by atoms with E-state index < -0.39 is 21.4 Å². The van der Waals surface area contributed by atoms with Crippen molar-refractivity contribution in [2.75, 3.05) is 13.2 Å². The minimum atomic E-state index is -3.94. The van der Waals surface area contributed by atoms with Crippen molar-refractivity contribution in [1.82, 2.24) is 4.72 Å². The monoisotopic (exact) mass is 312 g/mol. The number of halogens is 1. The van der Waals surface area contributed by atoms with Gasteiger partial charge in [-0.1, -0.05) is 12.5 Å². The number of rotatable bonds is 5. The van der Waals surface area contributed by atoms with Crippen LogP contribution in [0.5, 0.6) is 0 Å². The summed E-state index contributed by atoms with van der Waals surface area (Å²) < 4.78 is 40.4. The Hall–Kier alpha value is -1.49. The van der Waals surface area contributed by atoms with Gasteiger partial charge in [0.2, 0.25) is 10.0 Å². The van der Waals surface area contributed by atoms with Crippen molar-refractivity contribution < 1.29 is 17.9 Å². The fourth-order valence-corrected chi connectivity index (χ4v) is 4.01. The van der Waals surface area contributed by atoms with Gasteiger partial charge < -0.3 is 5.11 Å². The van der Waals surface area contributed by atoms with Gasteiger partial charge in [0.15, 0.2) is 0 Å². The molecule has 1 saturated carbocycles. The van der Waals surface area contributed by atoms with Gasteiger partial charge >= 0.3 is 0 Å². The molecule has 2 N–H and O–H groups in total. The molecule has 0 saturated heterocycles. The fourth-order valence-electron chi connectivity index (χ4n) is 2.75. The minimum absolute atomic E-state index is 0.0375. The highest BCUT2D eigenvalue weighted by Crippen LogP contribution is 2.31. The van der Waals surface area contributed by atoms with E-state index in [1.165, 1.54) is 12.1 Å². The molecule has 1 aromatic rings. The molecule has 0 heterocycles. The van der Waals surface area contributed by atoms with Gasteiger partial charge in [-0.3, -0.25) is 0 Å². The van der Waals surface area contributed by atoms with Crippen LogP contribution in [0, 0.1) is 29.0 Å². The van der Waals surface area contributed by atoms with E-state index in [9.17, 15) is 17.9 Å². The molecule has 2 atom stereocenters. The molecule has 5 nitrogen and oxygen atoms in total. The van der Waals surface area contributed by atoms with Crippen molar-refractivity contribution in [2.24, 2.45) is 11.8 Å². The van der Waals surface area contributed by atoms with Crippen LogP contribution in [-0.2, 0) is 10.0 Å². The van der Waals surface area contributed by atoms with E-state index in [-0.39, 0.29) is 29.9 Å². The third kappa shape index (κ3) is 3.40. The molecule has 1 aromatic carbocycles. The van der Waals surface area contributed by atoms with Crippen LogP contribution in [0.25, 0.3) is 0 Å². The van der Waals surface area contributed by atoms with Crippen molar-refractivity contribution in [3.05, 3.63) is 29.6 Å². The summed E-state index contributed by atoms with van der Waals surface area (Å²) in [5, 5.41) is 18.1. The third-order valence-electron chi connectivity index (χ3n) is 3.96. The Morgan fingerprint density at radius 2 is 2.10 bits per heavy atom. The van der Waals surface area contributed by atoms with Crippen molar-refractivity contribution in [3.63, 3.8) is 0 Å². The summed E-state index contributed by atoms with van der Waals surface area (Å²) in [6, 6.07) is 5.11. The highest BCUT2D eigenvalue weighted by Gasteiger charge is 2.29. The number of hydrogen-bond acceptors (Lipinski definition) is 4. The molecule has 1 fully saturated rings. The van der Waals surface area contributed by atoms with E-state index in [1.807, 2.05) is 0 Å². The molecule has 0 amide bonds. The van der Waals surface area contributed by atoms with Crippen LogP contribution >= 0.6 is 0 Å². The van der Waals surface area contributed by atoms with Gasteiger partial charge in [0, 0.05) is 13.2 Å². The van der Waals surface area contributed by atoms with Gasteiger partial charge in [-0.15, -0.1) is 0 Å². The number of aliphatic hydroxyl groups excluding tert-OH is 1. The molecule has 0 radical (unpaired) electrons. The first-order chi connectivity index (χ1) is 9.99. The molecule has 1 aliphatic carbocycles. The van der Waals surface area contributed by atoms with Gasteiger partial charge in [-0.2, -0.15) is 5.26 Å². The Morgan fingerprint density at radius 1 is 1.38 bits per heavy atom. The number of hydrogen-bond donors (Lipinski definition) is 2. The Morgan fingerprint density at radius 3 is 2.76 bits per heavy atom. The minimum Gasteiger partial charge on any atom is -0.396 e. The van der Waals surface area contributed by atoms with Crippen LogP contribution in [-0.4, -0.2) is 26.7 Å². The first-order valence-corrected chi connectivity index (χ1v) is 8.27. The maximum absolute atomic E-state index is 13.5. The smallest absolute Gasteiger partial charge is 0.242 e. The number of aliphatic hydroxyl groups is 1. The Kier molecular flexibility index (Phi) is 4.93. The molecule has 0 aromatic heterocycles. The highest BCUT2D eigenvalue weighted by molar-refractivity contribution is 7.89. The second kappa shape index (κ2) is 6.52. The Labute approximate surface area is 123 Å². The van der Waals surface area contributed by atoms with E-state index in [0.29, 0.717) is 0 Å². The van der Waals surface area contributed by atoms with Crippen LogP contribution in [0.3, 0.4) is 0 Å². The van der Waals surface area contributed by atoms with Crippen LogP contribution in [0.1, 0.15) is 24.8 Å². The summed E-state index contributed by atoms with van der Waals surface area (Å²) >= 11 is 0. The van der Waals surface area contributed by atoms with Gasteiger partial charge in [0.05, 0.1) is 0 Å². The van der Waals surface area contributed by atoms with Gasteiger partial charge in [0.1, 0.15) is 22.3 Å². The maximum Gasteiger partial charge on any atom is 0.242 e. The lowest BCUT2D eigenvalue weighted by Crippen LogP contribution is -2.32. The molecule has 21 heavy (non-hydrogen) atoms. The first-order valence-electron chi connectivity index (χ1n) is 6.78. The summed E-state index contributed by atoms with van der Waals surface area (Å²) in [5.41, 5.74) is -0.477. The summed E-state index contributed by atoms with van der Waals surface area (Å²) in [6.07, 6.45) is 2.69. The fraction of sp³-hybridized carbons (Fsp3) is 0.500. The summed E-state index contributed by atoms with van der Waals surface area (Å²) in [6.45, 7) is 0.227. The SMILES string of the molecule is N#Cc1c(F)cccc1S(=O)(=O)NCC1CCCC1CO. The molecule has 2 rings (SSSR count). The largest absolute Gasteiger partial charge is 0.396 e. The third-order valence-corrected chi connectivity index (χ3v) is 5.43. The molecular weight excluding hydrogens is 295 g/mol. The standard InChI is InChI=1S/C14H17FN2O3S/c15-13-5-2-6-14(12(13)7-16)21(19,20)17-8-10-3-1-4-11(10)9-18/h2,5-6,10-11,17-18H,1,3-4,8-9H2. The van der Waals surface area contributed by atoms with Gasteiger partial charge in [-0.05, 0) is 36.8 Å². The van der Waals surface area contributed by atoms with Crippen LogP contribution in [0.4, 0.5) is 4.39 Å². The summed E-state index contributed by atoms with van der Waals surface area (Å²) in [5.74, 6) is -0.686.